The van der Waals surface area contributed by atoms with Crippen LogP contribution in [0.4, 0.5) is 0 Å². The van der Waals surface area contributed by atoms with E-state index in [1.807, 2.05) is 54.6 Å². The highest BCUT2D eigenvalue weighted by atomic mass is 16.2. The highest BCUT2D eigenvalue weighted by Gasteiger charge is 2.31. The largest absolute Gasteiger partial charge is 0.397 e. The first-order valence-electron chi connectivity index (χ1n) is 7.79. The van der Waals surface area contributed by atoms with Crippen LogP contribution in [0.15, 0.2) is 91.0 Å². The Labute approximate surface area is 138 Å². The average molecular weight is 305 g/mol. The average Bonchev–Trinajstić information content (AvgIpc) is 2.64. The molecule has 0 atom stereocenters. The van der Waals surface area contributed by atoms with Gasteiger partial charge in [-0.2, -0.15) is 0 Å². The van der Waals surface area contributed by atoms with Crippen LogP contribution in [-0.4, -0.2) is 11.7 Å². The number of aliphatic hydroxyl groups excluding tert-OH is 1. The van der Waals surface area contributed by atoms with E-state index in [9.17, 15) is 0 Å². The van der Waals surface area contributed by atoms with E-state index in [-0.39, 0.29) is 6.61 Å². The molecule has 0 unspecified atom stereocenters. The van der Waals surface area contributed by atoms with Gasteiger partial charge in [-0.05, 0) is 23.6 Å². The van der Waals surface area contributed by atoms with Gasteiger partial charge in [0.25, 0.3) is 0 Å². The Morgan fingerprint density at radius 1 is 0.652 bits per heavy atom. The fourth-order valence-electron chi connectivity index (χ4n) is 2.60. The summed E-state index contributed by atoms with van der Waals surface area (Å²) in [7, 11) is 0. The lowest BCUT2D eigenvalue weighted by Crippen LogP contribution is -2.39. The predicted molar refractivity (Wildman–Crippen MR) is 96.2 cm³/mol. The summed E-state index contributed by atoms with van der Waals surface area (Å²) >= 11 is 0. The summed E-state index contributed by atoms with van der Waals surface area (Å²) in [5, 5.41) is 7.57. The SMILES string of the molecule is CCO.NC(c1ccccc1)(c1ccccc1)c1ccccc1. The summed E-state index contributed by atoms with van der Waals surface area (Å²) in [6.07, 6.45) is 0. The first kappa shape index (κ1) is 16.9. The highest BCUT2D eigenvalue weighted by molar-refractivity contribution is 5.48. The lowest BCUT2D eigenvalue weighted by atomic mass is 9.78. The zero-order chi connectivity index (χ0) is 16.5. The van der Waals surface area contributed by atoms with Gasteiger partial charge in [0.15, 0.2) is 0 Å². The second-order valence-electron chi connectivity index (χ2n) is 5.22. The van der Waals surface area contributed by atoms with Gasteiger partial charge in [-0.15, -0.1) is 0 Å². The normalized spacial score (nSPS) is 10.6. The van der Waals surface area contributed by atoms with Gasteiger partial charge in [-0.25, -0.2) is 0 Å². The third-order valence-electron chi connectivity index (χ3n) is 3.69. The van der Waals surface area contributed by atoms with Crippen molar-refractivity contribution in [2.75, 3.05) is 6.61 Å². The number of hydrogen-bond donors (Lipinski definition) is 2. The zero-order valence-electron chi connectivity index (χ0n) is 13.4. The molecule has 3 N–H and O–H groups in total. The Hall–Kier alpha value is -2.42. The number of nitrogens with two attached hydrogens (primary N) is 1. The Balaban J connectivity index is 0.000000595. The lowest BCUT2D eigenvalue weighted by Gasteiger charge is -2.31. The minimum absolute atomic E-state index is 0.250. The van der Waals surface area contributed by atoms with Crippen molar-refractivity contribution in [1.29, 1.82) is 0 Å². The van der Waals surface area contributed by atoms with E-state index in [1.54, 1.807) is 6.92 Å². The smallest absolute Gasteiger partial charge is 0.0922 e. The Morgan fingerprint density at radius 3 is 1.09 bits per heavy atom. The third-order valence-corrected chi connectivity index (χ3v) is 3.69. The minimum atomic E-state index is -0.621. The van der Waals surface area contributed by atoms with Crippen LogP contribution in [0.2, 0.25) is 0 Å². The molecule has 0 fully saturated rings. The van der Waals surface area contributed by atoms with Gasteiger partial charge in [-0.3, -0.25) is 0 Å². The van der Waals surface area contributed by atoms with Crippen LogP contribution in [0.3, 0.4) is 0 Å². The van der Waals surface area contributed by atoms with Crippen LogP contribution >= 0.6 is 0 Å². The Morgan fingerprint density at radius 2 is 0.870 bits per heavy atom. The molecule has 0 bridgehead atoms. The summed E-state index contributed by atoms with van der Waals surface area (Å²) in [5.41, 5.74) is 9.53. The first-order chi connectivity index (χ1) is 11.2. The molecule has 3 aromatic carbocycles. The molecule has 3 rings (SSSR count). The molecule has 23 heavy (non-hydrogen) atoms. The molecule has 0 amide bonds. The second-order valence-corrected chi connectivity index (χ2v) is 5.22. The predicted octanol–water partition coefficient (Wildman–Crippen LogP) is 3.94. The van der Waals surface area contributed by atoms with Gasteiger partial charge in [0, 0.05) is 6.61 Å². The van der Waals surface area contributed by atoms with Crippen molar-refractivity contribution in [2.24, 2.45) is 5.73 Å². The van der Waals surface area contributed by atoms with Crippen molar-refractivity contribution in [2.45, 2.75) is 12.5 Å². The quantitative estimate of drug-likeness (QED) is 0.720. The molecule has 0 heterocycles. The molecule has 0 saturated heterocycles. The van der Waals surface area contributed by atoms with Crippen molar-refractivity contribution in [3.63, 3.8) is 0 Å². The third kappa shape index (κ3) is 3.86. The maximum absolute atomic E-state index is 7.57. The molecule has 0 aromatic heterocycles. The maximum Gasteiger partial charge on any atom is 0.0922 e. The summed E-state index contributed by atoms with van der Waals surface area (Å²) in [6, 6.07) is 30.7. The van der Waals surface area contributed by atoms with E-state index < -0.39 is 5.54 Å². The van der Waals surface area contributed by atoms with E-state index in [0.717, 1.165) is 16.7 Å². The number of hydrogen-bond acceptors (Lipinski definition) is 2. The molecule has 2 heteroatoms. The standard InChI is InChI=1S/C19H17N.C2H6O/c20-19(16-10-4-1-5-11-16,17-12-6-2-7-13-17)18-14-8-3-9-15-18;1-2-3/h1-15H,20H2;3H,2H2,1H3. The van der Waals surface area contributed by atoms with Crippen LogP contribution in [0, 0.1) is 0 Å². The van der Waals surface area contributed by atoms with Gasteiger partial charge in [0.05, 0.1) is 5.54 Å². The summed E-state index contributed by atoms with van der Waals surface area (Å²) in [5.74, 6) is 0. The van der Waals surface area contributed by atoms with Crippen LogP contribution in [-0.2, 0) is 5.54 Å². The fraction of sp³-hybridized carbons (Fsp3) is 0.143. The highest BCUT2D eigenvalue weighted by Crippen LogP contribution is 2.33. The second kappa shape index (κ2) is 8.28. The molecular formula is C21H23NO. The molecule has 0 spiro atoms. The van der Waals surface area contributed by atoms with Crippen LogP contribution in [0.5, 0.6) is 0 Å². The van der Waals surface area contributed by atoms with Gasteiger partial charge in [-0.1, -0.05) is 91.0 Å². The molecule has 2 nitrogen and oxygen atoms in total. The minimum Gasteiger partial charge on any atom is -0.397 e. The molecule has 0 saturated carbocycles. The topological polar surface area (TPSA) is 46.2 Å². The van der Waals surface area contributed by atoms with Crippen molar-refractivity contribution < 1.29 is 5.11 Å². The summed E-state index contributed by atoms with van der Waals surface area (Å²) in [6.45, 7) is 1.93. The summed E-state index contributed by atoms with van der Waals surface area (Å²) < 4.78 is 0. The Bertz CT molecular complexity index is 584. The number of benzene rings is 3. The van der Waals surface area contributed by atoms with Crippen molar-refractivity contribution in [3.8, 4) is 0 Å². The molecule has 118 valence electrons. The lowest BCUT2D eigenvalue weighted by molar-refractivity contribution is 0.318. The summed E-state index contributed by atoms with van der Waals surface area (Å²) in [4.78, 5) is 0. The van der Waals surface area contributed by atoms with Crippen LogP contribution in [0.25, 0.3) is 0 Å². The van der Waals surface area contributed by atoms with E-state index in [0.29, 0.717) is 0 Å². The first-order valence-corrected chi connectivity index (χ1v) is 7.79. The molecule has 3 aromatic rings. The van der Waals surface area contributed by atoms with E-state index in [2.05, 4.69) is 36.4 Å². The van der Waals surface area contributed by atoms with Crippen molar-refractivity contribution in [1.82, 2.24) is 0 Å². The van der Waals surface area contributed by atoms with Crippen LogP contribution < -0.4 is 5.73 Å². The number of aliphatic hydroxyl groups is 1. The molecule has 0 aliphatic carbocycles. The zero-order valence-corrected chi connectivity index (χ0v) is 13.4. The molecule has 0 radical (unpaired) electrons. The number of rotatable bonds is 3. The van der Waals surface area contributed by atoms with Crippen molar-refractivity contribution >= 4 is 0 Å². The van der Waals surface area contributed by atoms with Gasteiger partial charge < -0.3 is 10.8 Å². The van der Waals surface area contributed by atoms with E-state index >= 15 is 0 Å². The molecular weight excluding hydrogens is 282 g/mol. The van der Waals surface area contributed by atoms with Crippen LogP contribution in [0.1, 0.15) is 23.6 Å². The monoisotopic (exact) mass is 305 g/mol. The fourth-order valence-corrected chi connectivity index (χ4v) is 2.60. The van der Waals surface area contributed by atoms with E-state index in [1.165, 1.54) is 0 Å². The van der Waals surface area contributed by atoms with Gasteiger partial charge in [0.1, 0.15) is 0 Å². The molecule has 0 aliphatic rings. The molecule has 0 aliphatic heterocycles. The van der Waals surface area contributed by atoms with Gasteiger partial charge in [0.2, 0.25) is 0 Å². The van der Waals surface area contributed by atoms with Gasteiger partial charge >= 0.3 is 0 Å². The van der Waals surface area contributed by atoms with Crippen molar-refractivity contribution in [3.05, 3.63) is 108 Å². The maximum atomic E-state index is 7.57. The van der Waals surface area contributed by atoms with E-state index in [4.69, 9.17) is 10.8 Å². The Kier molecular flexibility index (Phi) is 6.10.